The Kier molecular flexibility index (Phi) is 5.24. The first-order valence-electron chi connectivity index (χ1n) is 7.48. The standard InChI is InChI=1S/C13H25N3O4S/c1-10-9-15(2)6-5-12(10)14-21(19,20)16-7-3-11(4-8-16)13(17)18/h10-12,14H,3-9H2,1-2H3,(H,17,18). The molecule has 2 N–H and O–H groups in total. The molecule has 7 nitrogen and oxygen atoms in total. The Morgan fingerprint density at radius 1 is 1.19 bits per heavy atom. The van der Waals surface area contributed by atoms with Crippen molar-refractivity contribution >= 4 is 16.2 Å². The highest BCUT2D eigenvalue weighted by atomic mass is 32.2. The Bertz CT molecular complexity index is 474. The van der Waals surface area contributed by atoms with E-state index in [1.165, 1.54) is 4.31 Å². The van der Waals surface area contributed by atoms with E-state index < -0.39 is 22.1 Å². The average molecular weight is 319 g/mol. The number of nitrogens with zero attached hydrogens (tertiary/aromatic N) is 2. The fourth-order valence-corrected chi connectivity index (χ4v) is 4.71. The molecule has 2 heterocycles. The number of nitrogens with one attached hydrogen (secondary N) is 1. The van der Waals surface area contributed by atoms with Crippen LogP contribution in [0.25, 0.3) is 0 Å². The molecule has 0 spiro atoms. The lowest BCUT2D eigenvalue weighted by Crippen LogP contribution is -2.54. The average Bonchev–Trinajstić information content (AvgIpc) is 2.42. The first kappa shape index (κ1) is 16.7. The van der Waals surface area contributed by atoms with Crippen LogP contribution in [0, 0.1) is 11.8 Å². The van der Waals surface area contributed by atoms with Crippen LogP contribution in [0.1, 0.15) is 26.2 Å². The van der Waals surface area contributed by atoms with Crippen molar-refractivity contribution in [3.8, 4) is 0 Å². The van der Waals surface area contributed by atoms with Gasteiger partial charge in [0.1, 0.15) is 0 Å². The van der Waals surface area contributed by atoms with Crippen LogP contribution < -0.4 is 4.72 Å². The molecule has 0 amide bonds. The summed E-state index contributed by atoms with van der Waals surface area (Å²) in [6.07, 6.45) is 1.58. The van der Waals surface area contributed by atoms with E-state index in [1.54, 1.807) is 0 Å². The van der Waals surface area contributed by atoms with Gasteiger partial charge in [-0.3, -0.25) is 4.79 Å². The molecule has 0 radical (unpaired) electrons. The minimum atomic E-state index is -3.51. The molecule has 0 saturated carbocycles. The van der Waals surface area contributed by atoms with Crippen molar-refractivity contribution in [1.82, 2.24) is 13.9 Å². The summed E-state index contributed by atoms with van der Waals surface area (Å²) in [6.45, 7) is 4.40. The second kappa shape index (κ2) is 6.60. The van der Waals surface area contributed by atoms with Crippen molar-refractivity contribution in [3.05, 3.63) is 0 Å². The summed E-state index contributed by atoms with van der Waals surface area (Å²) in [5.41, 5.74) is 0. The minimum Gasteiger partial charge on any atom is -0.481 e. The van der Waals surface area contributed by atoms with Gasteiger partial charge in [-0.05, 0) is 38.8 Å². The van der Waals surface area contributed by atoms with E-state index in [1.807, 2.05) is 7.05 Å². The van der Waals surface area contributed by atoms with Crippen molar-refractivity contribution in [2.24, 2.45) is 11.8 Å². The predicted molar refractivity (Wildman–Crippen MR) is 79.1 cm³/mol. The topological polar surface area (TPSA) is 90.0 Å². The number of likely N-dealkylation sites (tertiary alicyclic amines) is 1. The third-order valence-corrected chi connectivity index (χ3v) is 6.20. The first-order valence-corrected chi connectivity index (χ1v) is 8.92. The molecule has 0 aromatic rings. The summed E-state index contributed by atoms with van der Waals surface area (Å²) >= 11 is 0. The van der Waals surface area contributed by atoms with Gasteiger partial charge in [0, 0.05) is 25.7 Å². The molecule has 2 atom stereocenters. The highest BCUT2D eigenvalue weighted by Gasteiger charge is 2.34. The molecule has 2 aliphatic rings. The van der Waals surface area contributed by atoms with Crippen LogP contribution in [0.2, 0.25) is 0 Å². The number of carboxylic acids is 1. The summed E-state index contributed by atoms with van der Waals surface area (Å²) in [6, 6.07) is -0.0385. The summed E-state index contributed by atoms with van der Waals surface area (Å²) < 4.78 is 29.0. The quantitative estimate of drug-likeness (QED) is 0.759. The molecule has 122 valence electrons. The number of carbonyl (C=O) groups is 1. The maximum atomic E-state index is 12.4. The van der Waals surface area contributed by atoms with Gasteiger partial charge in [-0.15, -0.1) is 0 Å². The molecule has 0 bridgehead atoms. The van der Waals surface area contributed by atoms with E-state index in [0.717, 1.165) is 19.5 Å². The van der Waals surface area contributed by atoms with Gasteiger partial charge in [-0.25, -0.2) is 0 Å². The molecule has 0 aromatic heterocycles. The molecule has 2 aliphatic heterocycles. The molecular formula is C13H25N3O4S. The Labute approximate surface area is 126 Å². The molecule has 2 fully saturated rings. The summed E-state index contributed by atoms with van der Waals surface area (Å²) in [5, 5.41) is 8.96. The number of carboxylic acid groups (broad SMARTS) is 1. The third-order valence-electron chi connectivity index (χ3n) is 4.55. The molecule has 0 aliphatic carbocycles. The zero-order valence-corrected chi connectivity index (χ0v) is 13.5. The van der Waals surface area contributed by atoms with Gasteiger partial charge in [-0.1, -0.05) is 6.92 Å². The van der Waals surface area contributed by atoms with E-state index in [0.29, 0.717) is 12.8 Å². The fraction of sp³-hybridized carbons (Fsp3) is 0.923. The highest BCUT2D eigenvalue weighted by Crippen LogP contribution is 2.21. The second-order valence-electron chi connectivity index (χ2n) is 6.27. The van der Waals surface area contributed by atoms with Crippen molar-refractivity contribution in [2.75, 3.05) is 33.2 Å². The van der Waals surface area contributed by atoms with Gasteiger partial charge in [0.25, 0.3) is 10.2 Å². The monoisotopic (exact) mass is 319 g/mol. The van der Waals surface area contributed by atoms with Crippen LogP contribution >= 0.6 is 0 Å². The maximum Gasteiger partial charge on any atom is 0.306 e. The fourth-order valence-electron chi connectivity index (χ4n) is 3.14. The third kappa shape index (κ3) is 4.15. The van der Waals surface area contributed by atoms with Crippen molar-refractivity contribution in [3.63, 3.8) is 0 Å². The molecule has 2 unspecified atom stereocenters. The number of piperidine rings is 2. The zero-order chi connectivity index (χ0) is 15.6. The molecule has 0 aromatic carbocycles. The van der Waals surface area contributed by atoms with E-state index in [-0.39, 0.29) is 25.0 Å². The Morgan fingerprint density at radius 2 is 1.81 bits per heavy atom. The largest absolute Gasteiger partial charge is 0.481 e. The normalized spacial score (nSPS) is 30.4. The van der Waals surface area contributed by atoms with Gasteiger partial charge >= 0.3 is 5.97 Å². The van der Waals surface area contributed by atoms with Crippen LogP contribution in [-0.4, -0.2) is 68.0 Å². The van der Waals surface area contributed by atoms with Crippen LogP contribution in [-0.2, 0) is 15.0 Å². The van der Waals surface area contributed by atoms with Crippen molar-refractivity contribution < 1.29 is 18.3 Å². The number of hydrogen-bond donors (Lipinski definition) is 2. The Hall–Kier alpha value is -0.700. The molecule has 21 heavy (non-hydrogen) atoms. The minimum absolute atomic E-state index is 0.0385. The van der Waals surface area contributed by atoms with Gasteiger partial charge in [0.15, 0.2) is 0 Å². The van der Waals surface area contributed by atoms with Crippen LogP contribution in [0.15, 0.2) is 0 Å². The van der Waals surface area contributed by atoms with Crippen molar-refractivity contribution in [2.45, 2.75) is 32.2 Å². The van der Waals surface area contributed by atoms with Gasteiger partial charge in [0.05, 0.1) is 5.92 Å². The molecular weight excluding hydrogens is 294 g/mol. The second-order valence-corrected chi connectivity index (χ2v) is 7.97. The lowest BCUT2D eigenvalue weighted by molar-refractivity contribution is -0.142. The SMILES string of the molecule is CC1CN(C)CCC1NS(=O)(=O)N1CCC(C(=O)O)CC1. The number of rotatable bonds is 4. The van der Waals surface area contributed by atoms with Gasteiger partial charge in [0.2, 0.25) is 0 Å². The molecule has 8 heteroatoms. The lowest BCUT2D eigenvalue weighted by atomic mass is 9.95. The summed E-state index contributed by atoms with van der Waals surface area (Å²) in [5.74, 6) is -0.974. The lowest BCUT2D eigenvalue weighted by Gasteiger charge is -2.37. The Morgan fingerprint density at radius 3 is 2.33 bits per heavy atom. The van der Waals surface area contributed by atoms with E-state index in [2.05, 4.69) is 16.5 Å². The number of hydrogen-bond acceptors (Lipinski definition) is 4. The van der Waals surface area contributed by atoms with E-state index >= 15 is 0 Å². The first-order chi connectivity index (χ1) is 9.79. The maximum absolute atomic E-state index is 12.4. The van der Waals surface area contributed by atoms with Crippen LogP contribution in [0.5, 0.6) is 0 Å². The van der Waals surface area contributed by atoms with Crippen LogP contribution in [0.4, 0.5) is 0 Å². The zero-order valence-electron chi connectivity index (χ0n) is 12.7. The Balaban J connectivity index is 1.92. The highest BCUT2D eigenvalue weighted by molar-refractivity contribution is 7.87. The van der Waals surface area contributed by atoms with Gasteiger partial charge < -0.3 is 10.0 Å². The van der Waals surface area contributed by atoms with Crippen molar-refractivity contribution in [1.29, 1.82) is 0 Å². The molecule has 2 rings (SSSR count). The molecule has 2 saturated heterocycles. The summed E-state index contributed by atoms with van der Waals surface area (Å²) in [7, 11) is -1.47. The summed E-state index contributed by atoms with van der Waals surface area (Å²) in [4.78, 5) is 13.1. The van der Waals surface area contributed by atoms with Crippen LogP contribution in [0.3, 0.4) is 0 Å². The van der Waals surface area contributed by atoms with E-state index in [4.69, 9.17) is 5.11 Å². The number of aliphatic carboxylic acids is 1. The van der Waals surface area contributed by atoms with Gasteiger partial charge in [-0.2, -0.15) is 17.4 Å². The smallest absolute Gasteiger partial charge is 0.306 e. The predicted octanol–water partition coefficient (Wildman–Crippen LogP) is -0.0424. The van der Waals surface area contributed by atoms with E-state index in [9.17, 15) is 13.2 Å².